The summed E-state index contributed by atoms with van der Waals surface area (Å²) in [6, 6.07) is 13.7. The molecule has 2 N–H and O–H groups in total. The fourth-order valence-electron chi connectivity index (χ4n) is 2.26. The molecule has 0 aliphatic heterocycles. The topological polar surface area (TPSA) is 50.7 Å². The van der Waals surface area contributed by atoms with Crippen molar-refractivity contribution in [3.8, 4) is 11.5 Å². The Morgan fingerprint density at radius 1 is 1.08 bits per heavy atom. The predicted octanol–water partition coefficient (Wildman–Crippen LogP) is 3.79. The quantitative estimate of drug-likeness (QED) is 0.641. The van der Waals surface area contributed by atoms with Crippen molar-refractivity contribution in [2.45, 2.75) is 26.5 Å². The standard InChI is InChI=1S/C19H24ClNO3/c1-2-23-18-11-16(13-21-9-6-10-22)17(20)12-19(18)24-14-15-7-4-3-5-8-15/h3-5,7-8,11-12,21-22H,2,6,9-10,13-14H2,1H3. The minimum atomic E-state index is 0.178. The summed E-state index contributed by atoms with van der Waals surface area (Å²) in [7, 11) is 0. The van der Waals surface area contributed by atoms with Crippen LogP contribution in [0.15, 0.2) is 42.5 Å². The van der Waals surface area contributed by atoms with Crippen LogP contribution in [-0.4, -0.2) is 24.9 Å². The Morgan fingerprint density at radius 2 is 1.83 bits per heavy atom. The smallest absolute Gasteiger partial charge is 0.163 e. The monoisotopic (exact) mass is 349 g/mol. The van der Waals surface area contributed by atoms with Crippen molar-refractivity contribution in [3.63, 3.8) is 0 Å². The molecular formula is C19H24ClNO3. The molecule has 5 heteroatoms. The predicted molar refractivity (Wildman–Crippen MR) is 96.8 cm³/mol. The van der Waals surface area contributed by atoms with Crippen LogP contribution in [0.1, 0.15) is 24.5 Å². The van der Waals surface area contributed by atoms with Crippen LogP contribution in [0.4, 0.5) is 0 Å². The summed E-state index contributed by atoms with van der Waals surface area (Å²) in [6.45, 7) is 4.50. The van der Waals surface area contributed by atoms with Gasteiger partial charge in [0, 0.05) is 24.2 Å². The molecule has 0 atom stereocenters. The normalized spacial score (nSPS) is 10.6. The van der Waals surface area contributed by atoms with Crippen LogP contribution >= 0.6 is 11.6 Å². The highest BCUT2D eigenvalue weighted by Crippen LogP contribution is 2.34. The first-order valence-electron chi connectivity index (χ1n) is 8.18. The second kappa shape index (κ2) is 10.2. The van der Waals surface area contributed by atoms with Crippen LogP contribution in [0.5, 0.6) is 11.5 Å². The van der Waals surface area contributed by atoms with Gasteiger partial charge in [-0.1, -0.05) is 41.9 Å². The number of benzene rings is 2. The third kappa shape index (κ3) is 5.71. The SMILES string of the molecule is CCOc1cc(CNCCCO)c(Cl)cc1OCc1ccccc1. The molecule has 0 heterocycles. The molecule has 0 unspecified atom stereocenters. The number of nitrogens with one attached hydrogen (secondary N) is 1. The lowest BCUT2D eigenvalue weighted by molar-refractivity contribution is 0.269. The van der Waals surface area contributed by atoms with Crippen LogP contribution in [0.2, 0.25) is 5.02 Å². The van der Waals surface area contributed by atoms with Crippen molar-refractivity contribution in [2.24, 2.45) is 0 Å². The van der Waals surface area contributed by atoms with Gasteiger partial charge in [-0.3, -0.25) is 0 Å². The molecular weight excluding hydrogens is 326 g/mol. The Labute approximate surface area is 148 Å². The zero-order valence-corrected chi connectivity index (χ0v) is 14.7. The second-order valence-electron chi connectivity index (χ2n) is 5.35. The minimum absolute atomic E-state index is 0.178. The molecule has 0 aliphatic carbocycles. The van der Waals surface area contributed by atoms with Crippen molar-refractivity contribution < 1.29 is 14.6 Å². The van der Waals surface area contributed by atoms with Crippen LogP contribution in [0.25, 0.3) is 0 Å². The maximum Gasteiger partial charge on any atom is 0.163 e. The van der Waals surface area contributed by atoms with Crippen LogP contribution in [-0.2, 0) is 13.2 Å². The molecule has 2 aromatic carbocycles. The molecule has 0 aliphatic rings. The fourth-order valence-corrected chi connectivity index (χ4v) is 2.48. The van der Waals surface area contributed by atoms with E-state index in [9.17, 15) is 0 Å². The van der Waals surface area contributed by atoms with Gasteiger partial charge in [-0.2, -0.15) is 0 Å². The summed E-state index contributed by atoms with van der Waals surface area (Å²) in [4.78, 5) is 0. The third-order valence-electron chi connectivity index (χ3n) is 3.48. The molecule has 2 aromatic rings. The van der Waals surface area contributed by atoms with E-state index in [0.717, 1.165) is 17.7 Å². The van der Waals surface area contributed by atoms with Gasteiger partial charge in [-0.05, 0) is 37.1 Å². The molecule has 4 nitrogen and oxygen atoms in total. The highest BCUT2D eigenvalue weighted by molar-refractivity contribution is 6.31. The first-order valence-corrected chi connectivity index (χ1v) is 8.56. The summed E-state index contributed by atoms with van der Waals surface area (Å²) in [5.41, 5.74) is 2.04. The average molecular weight is 350 g/mol. The molecule has 0 amide bonds. The number of aliphatic hydroxyl groups is 1. The summed E-state index contributed by atoms with van der Waals surface area (Å²) < 4.78 is 11.6. The number of rotatable bonds is 10. The highest BCUT2D eigenvalue weighted by Gasteiger charge is 2.11. The minimum Gasteiger partial charge on any atom is -0.490 e. The van der Waals surface area contributed by atoms with Gasteiger partial charge in [-0.15, -0.1) is 0 Å². The van der Waals surface area contributed by atoms with Crippen molar-refractivity contribution in [3.05, 3.63) is 58.6 Å². The summed E-state index contributed by atoms with van der Waals surface area (Å²) in [5, 5.41) is 12.7. The molecule has 130 valence electrons. The molecule has 0 radical (unpaired) electrons. The van der Waals surface area contributed by atoms with Gasteiger partial charge in [0.25, 0.3) is 0 Å². The number of hydrogen-bond acceptors (Lipinski definition) is 4. The van der Waals surface area contributed by atoms with Gasteiger partial charge < -0.3 is 19.9 Å². The van der Waals surface area contributed by atoms with E-state index < -0.39 is 0 Å². The van der Waals surface area contributed by atoms with E-state index in [4.69, 9.17) is 26.2 Å². The summed E-state index contributed by atoms with van der Waals surface area (Å²) in [5.74, 6) is 1.33. The van der Waals surface area contributed by atoms with E-state index in [1.165, 1.54) is 0 Å². The number of halogens is 1. The maximum absolute atomic E-state index is 8.82. The molecule has 0 saturated carbocycles. The van der Waals surface area contributed by atoms with E-state index >= 15 is 0 Å². The van der Waals surface area contributed by atoms with Gasteiger partial charge in [0.05, 0.1) is 6.61 Å². The van der Waals surface area contributed by atoms with Crippen LogP contribution in [0.3, 0.4) is 0 Å². The van der Waals surface area contributed by atoms with E-state index in [2.05, 4.69) is 5.32 Å². The van der Waals surface area contributed by atoms with E-state index in [1.807, 2.05) is 43.3 Å². The van der Waals surface area contributed by atoms with E-state index in [0.29, 0.717) is 42.7 Å². The Bertz CT molecular complexity index is 620. The molecule has 0 aromatic heterocycles. The highest BCUT2D eigenvalue weighted by atomic mass is 35.5. The van der Waals surface area contributed by atoms with Crippen LogP contribution in [0, 0.1) is 0 Å². The number of aliphatic hydroxyl groups excluding tert-OH is 1. The van der Waals surface area contributed by atoms with Crippen LogP contribution < -0.4 is 14.8 Å². The van der Waals surface area contributed by atoms with Crippen molar-refractivity contribution >= 4 is 11.6 Å². The van der Waals surface area contributed by atoms with Crippen molar-refractivity contribution in [1.29, 1.82) is 0 Å². The van der Waals surface area contributed by atoms with Gasteiger partial charge in [0.1, 0.15) is 6.61 Å². The zero-order chi connectivity index (χ0) is 17.2. The van der Waals surface area contributed by atoms with Gasteiger partial charge in [0.15, 0.2) is 11.5 Å². The first-order chi connectivity index (χ1) is 11.7. The van der Waals surface area contributed by atoms with Crippen molar-refractivity contribution in [1.82, 2.24) is 5.32 Å². The van der Waals surface area contributed by atoms with E-state index in [1.54, 1.807) is 6.07 Å². The Hall–Kier alpha value is -1.75. The molecule has 0 spiro atoms. The van der Waals surface area contributed by atoms with E-state index in [-0.39, 0.29) is 6.61 Å². The lowest BCUT2D eigenvalue weighted by atomic mass is 10.2. The lowest BCUT2D eigenvalue weighted by Gasteiger charge is -2.15. The molecule has 24 heavy (non-hydrogen) atoms. The lowest BCUT2D eigenvalue weighted by Crippen LogP contribution is -2.16. The van der Waals surface area contributed by atoms with Gasteiger partial charge in [0.2, 0.25) is 0 Å². The largest absolute Gasteiger partial charge is 0.490 e. The van der Waals surface area contributed by atoms with Gasteiger partial charge in [-0.25, -0.2) is 0 Å². The van der Waals surface area contributed by atoms with Gasteiger partial charge >= 0.3 is 0 Å². The molecule has 0 saturated heterocycles. The second-order valence-corrected chi connectivity index (χ2v) is 5.76. The number of hydrogen-bond donors (Lipinski definition) is 2. The average Bonchev–Trinajstić information content (AvgIpc) is 2.60. The number of ether oxygens (including phenoxy) is 2. The fraction of sp³-hybridized carbons (Fsp3) is 0.368. The summed E-state index contributed by atoms with van der Waals surface area (Å²) in [6.07, 6.45) is 0.716. The van der Waals surface area contributed by atoms with Crippen molar-refractivity contribution in [2.75, 3.05) is 19.8 Å². The third-order valence-corrected chi connectivity index (χ3v) is 3.83. The maximum atomic E-state index is 8.82. The Kier molecular flexibility index (Phi) is 7.89. The Morgan fingerprint density at radius 3 is 2.54 bits per heavy atom. The Balaban J connectivity index is 2.07. The molecule has 0 fully saturated rings. The first kappa shape index (κ1) is 18.6. The molecule has 2 rings (SSSR count). The summed E-state index contributed by atoms with van der Waals surface area (Å²) >= 11 is 6.37. The molecule has 0 bridgehead atoms. The zero-order valence-electron chi connectivity index (χ0n) is 13.9.